The summed E-state index contributed by atoms with van der Waals surface area (Å²) in [5, 5.41) is 13.7. The highest BCUT2D eigenvalue weighted by molar-refractivity contribution is 7.45. The van der Waals surface area contributed by atoms with Crippen LogP contribution >= 0.6 is 7.82 Å². The van der Waals surface area contributed by atoms with Crippen LogP contribution in [0.15, 0.2) is 36.5 Å². The van der Waals surface area contributed by atoms with Crippen LogP contribution in [-0.2, 0) is 18.4 Å². The first-order valence-corrected chi connectivity index (χ1v) is 23.8. The molecule has 0 aromatic heterocycles. The first-order chi connectivity index (χ1) is 26.0. The molecule has 0 aliphatic carbocycles. The fourth-order valence-corrected chi connectivity index (χ4v) is 7.03. The van der Waals surface area contributed by atoms with Crippen molar-refractivity contribution in [2.45, 2.75) is 206 Å². The molecule has 0 rings (SSSR count). The lowest BCUT2D eigenvalue weighted by Crippen LogP contribution is -2.45. The predicted molar refractivity (Wildman–Crippen MR) is 228 cm³/mol. The van der Waals surface area contributed by atoms with Crippen molar-refractivity contribution >= 4 is 13.7 Å². The lowest BCUT2D eigenvalue weighted by molar-refractivity contribution is -0.870. The zero-order valence-electron chi connectivity index (χ0n) is 35.9. The Bertz CT molecular complexity index is 980. The molecule has 3 unspecified atom stereocenters. The Morgan fingerprint density at radius 3 is 1.63 bits per heavy atom. The molecule has 0 spiro atoms. The van der Waals surface area contributed by atoms with Crippen LogP contribution in [0.25, 0.3) is 0 Å². The van der Waals surface area contributed by atoms with Gasteiger partial charge in [-0.05, 0) is 44.9 Å². The van der Waals surface area contributed by atoms with Gasteiger partial charge in [0.15, 0.2) is 0 Å². The van der Waals surface area contributed by atoms with Crippen LogP contribution < -0.4 is 10.2 Å². The van der Waals surface area contributed by atoms with Gasteiger partial charge >= 0.3 is 0 Å². The molecule has 0 aromatic rings. The highest BCUT2D eigenvalue weighted by Gasteiger charge is 2.23. The summed E-state index contributed by atoms with van der Waals surface area (Å²) in [6.07, 6.45) is 44.8. The third-order valence-corrected chi connectivity index (χ3v) is 10.8. The van der Waals surface area contributed by atoms with Gasteiger partial charge in [-0.15, -0.1) is 0 Å². The average molecular weight is 783 g/mol. The minimum Gasteiger partial charge on any atom is -0.756 e. The number of likely N-dealkylation sites (N-methyl/N-ethyl adjacent to an activating group) is 1. The minimum absolute atomic E-state index is 0.000812. The number of nitrogens with zero attached hydrogens (tertiary/aromatic N) is 1. The maximum Gasteiger partial charge on any atom is 0.268 e. The van der Waals surface area contributed by atoms with Gasteiger partial charge in [0.1, 0.15) is 13.2 Å². The van der Waals surface area contributed by atoms with Gasteiger partial charge < -0.3 is 28.8 Å². The monoisotopic (exact) mass is 783 g/mol. The number of unbranched alkanes of at least 4 members (excludes halogenated alkanes) is 23. The summed E-state index contributed by atoms with van der Waals surface area (Å²) >= 11 is 0. The lowest BCUT2D eigenvalue weighted by Gasteiger charge is -2.29. The maximum absolute atomic E-state index is 12.8. The molecule has 8 nitrogen and oxygen atoms in total. The Kier molecular flexibility index (Phi) is 36.4. The van der Waals surface area contributed by atoms with Crippen molar-refractivity contribution in [3.05, 3.63) is 36.5 Å². The second-order valence-corrected chi connectivity index (χ2v) is 17.8. The molecule has 54 heavy (non-hydrogen) atoms. The second kappa shape index (κ2) is 37.3. The average Bonchev–Trinajstić information content (AvgIpc) is 3.12. The number of quaternary nitrogens is 1. The number of hydrogen-bond donors (Lipinski definition) is 2. The molecule has 0 aliphatic heterocycles. The van der Waals surface area contributed by atoms with Crippen molar-refractivity contribution in [1.29, 1.82) is 0 Å². The quantitative estimate of drug-likeness (QED) is 0.0277. The number of allylic oxidation sites excluding steroid dienone is 5. The van der Waals surface area contributed by atoms with E-state index in [1.807, 2.05) is 27.2 Å². The van der Waals surface area contributed by atoms with Gasteiger partial charge in [-0.3, -0.25) is 9.36 Å². The van der Waals surface area contributed by atoms with Gasteiger partial charge in [0, 0.05) is 6.42 Å². The largest absolute Gasteiger partial charge is 0.756 e. The third-order valence-electron chi connectivity index (χ3n) is 9.86. The second-order valence-electron chi connectivity index (χ2n) is 16.4. The van der Waals surface area contributed by atoms with E-state index in [-0.39, 0.29) is 19.1 Å². The normalized spacial score (nSPS) is 14.7. The highest BCUT2D eigenvalue weighted by atomic mass is 31.2. The zero-order chi connectivity index (χ0) is 40.0. The fraction of sp³-hybridized carbons (Fsp3) is 0.844. The summed E-state index contributed by atoms with van der Waals surface area (Å²) in [7, 11) is 1.26. The van der Waals surface area contributed by atoms with E-state index in [0.29, 0.717) is 17.4 Å². The van der Waals surface area contributed by atoms with Crippen molar-refractivity contribution in [2.75, 3.05) is 40.9 Å². The van der Waals surface area contributed by atoms with Crippen LogP contribution in [-0.4, -0.2) is 68.5 Å². The number of phosphoric ester groups is 1. The van der Waals surface area contributed by atoms with E-state index in [0.717, 1.165) is 51.4 Å². The number of phosphoric acid groups is 1. The number of nitrogens with one attached hydrogen (secondary N) is 1. The Morgan fingerprint density at radius 1 is 0.667 bits per heavy atom. The first-order valence-electron chi connectivity index (χ1n) is 22.4. The molecule has 0 bridgehead atoms. The predicted octanol–water partition coefficient (Wildman–Crippen LogP) is 11.7. The molecule has 3 atom stereocenters. The number of aliphatic hydroxyl groups is 1. The number of carbonyl (C=O) groups excluding carboxylic acids is 1. The summed E-state index contributed by atoms with van der Waals surface area (Å²) in [6.45, 7) is 4.53. The summed E-state index contributed by atoms with van der Waals surface area (Å²) in [5.41, 5.74) is 0. The van der Waals surface area contributed by atoms with E-state index in [9.17, 15) is 19.4 Å². The molecule has 1 amide bonds. The Balaban J connectivity index is 4.28. The molecule has 0 saturated heterocycles. The molecule has 0 heterocycles. The van der Waals surface area contributed by atoms with Gasteiger partial charge in [-0.25, -0.2) is 0 Å². The van der Waals surface area contributed by atoms with Gasteiger partial charge in [0.05, 0.1) is 39.9 Å². The molecule has 0 aliphatic rings. The van der Waals surface area contributed by atoms with Crippen molar-refractivity contribution in [3.63, 3.8) is 0 Å². The van der Waals surface area contributed by atoms with Crippen molar-refractivity contribution < 1.29 is 32.9 Å². The van der Waals surface area contributed by atoms with Crippen molar-refractivity contribution in [3.8, 4) is 0 Å². The van der Waals surface area contributed by atoms with Crippen LogP contribution in [0.3, 0.4) is 0 Å². The van der Waals surface area contributed by atoms with Crippen LogP contribution in [0.4, 0.5) is 0 Å². The van der Waals surface area contributed by atoms with Crippen LogP contribution in [0.1, 0.15) is 194 Å². The first kappa shape index (κ1) is 52.7. The summed E-state index contributed by atoms with van der Waals surface area (Å²) in [6, 6.07) is -0.883. The van der Waals surface area contributed by atoms with Crippen molar-refractivity contribution in [2.24, 2.45) is 0 Å². The number of hydrogen-bond acceptors (Lipinski definition) is 6. The van der Waals surface area contributed by atoms with Crippen molar-refractivity contribution in [1.82, 2.24) is 5.32 Å². The Hall–Kier alpha value is -1.28. The number of amides is 1. The molecule has 0 aromatic carbocycles. The van der Waals surface area contributed by atoms with E-state index in [1.54, 1.807) is 6.08 Å². The van der Waals surface area contributed by atoms with Gasteiger partial charge in [-0.2, -0.15) is 0 Å². The smallest absolute Gasteiger partial charge is 0.268 e. The zero-order valence-corrected chi connectivity index (χ0v) is 36.8. The molecule has 318 valence electrons. The van der Waals surface area contributed by atoms with Crippen LogP contribution in [0.5, 0.6) is 0 Å². The van der Waals surface area contributed by atoms with Crippen LogP contribution in [0.2, 0.25) is 0 Å². The van der Waals surface area contributed by atoms with E-state index in [4.69, 9.17) is 9.05 Å². The molecule has 0 radical (unpaired) electrons. The van der Waals surface area contributed by atoms with E-state index in [2.05, 4.69) is 43.5 Å². The number of aliphatic hydroxyl groups excluding tert-OH is 1. The SMILES string of the molecule is CC/C=C\C/C=C\CCCCCCCCCCCCCCCCC(=O)NC(COP(=O)([O-])OCC[N+](C)(C)C)C(O)/C=C/CCCCCCCCCCC. The lowest BCUT2D eigenvalue weighted by atomic mass is 10.0. The molecule has 9 heteroatoms. The highest BCUT2D eigenvalue weighted by Crippen LogP contribution is 2.38. The van der Waals surface area contributed by atoms with Gasteiger partial charge in [-0.1, -0.05) is 179 Å². The maximum atomic E-state index is 12.8. The summed E-state index contributed by atoms with van der Waals surface area (Å²) in [5.74, 6) is -0.200. The minimum atomic E-state index is -4.58. The third kappa shape index (κ3) is 39.0. The summed E-state index contributed by atoms with van der Waals surface area (Å²) in [4.78, 5) is 25.3. The molecular formula is C45H87N2O6P. The van der Waals surface area contributed by atoms with Gasteiger partial charge in [0.2, 0.25) is 5.91 Å². The standard InChI is InChI=1S/C45H87N2O6P/c1-6-8-10-12-14-16-18-19-20-21-22-23-24-25-26-27-29-31-33-35-37-39-45(49)46-43(42-53-54(50,51)52-41-40-47(3,4)5)44(48)38-36-34-32-30-28-17-15-13-11-9-7-2/h8,10,14,16,36,38,43-44,48H,6-7,9,11-13,15,17-35,37,39-42H2,1-5H3,(H-,46,49,50,51)/b10-8-,16-14-,38-36+. The van der Waals surface area contributed by atoms with E-state index >= 15 is 0 Å². The number of carbonyl (C=O) groups is 1. The number of rotatable bonds is 40. The molecule has 0 saturated carbocycles. The van der Waals surface area contributed by atoms with Gasteiger partial charge in [0.25, 0.3) is 7.82 Å². The fourth-order valence-electron chi connectivity index (χ4n) is 6.31. The molecule has 0 fully saturated rings. The summed E-state index contributed by atoms with van der Waals surface area (Å²) < 4.78 is 23.2. The van der Waals surface area contributed by atoms with E-state index < -0.39 is 20.0 Å². The molecular weight excluding hydrogens is 695 g/mol. The topological polar surface area (TPSA) is 108 Å². The molecule has 2 N–H and O–H groups in total. The Morgan fingerprint density at radius 2 is 1.13 bits per heavy atom. The van der Waals surface area contributed by atoms with Crippen LogP contribution in [0, 0.1) is 0 Å². The van der Waals surface area contributed by atoms with E-state index in [1.165, 1.54) is 122 Å². The Labute approximate surface area is 334 Å².